The molecule has 0 radical (unpaired) electrons. The molecule has 0 aliphatic carbocycles. The molecule has 0 bridgehead atoms. The van der Waals surface area contributed by atoms with E-state index in [0.29, 0.717) is 18.3 Å². The Morgan fingerprint density at radius 2 is 1.88 bits per heavy atom. The number of nitrogens with zero attached hydrogens (tertiary/aromatic N) is 2. The number of rotatable bonds is 3. The molecule has 2 aromatic carbocycles. The summed E-state index contributed by atoms with van der Waals surface area (Å²) >= 11 is 0. The van der Waals surface area contributed by atoms with Crippen LogP contribution in [-0.4, -0.2) is 22.8 Å². The summed E-state index contributed by atoms with van der Waals surface area (Å²) in [4.78, 5) is 4.45. The first-order chi connectivity index (χ1) is 12.5. The van der Waals surface area contributed by atoms with Gasteiger partial charge in [-0.15, -0.1) is 0 Å². The molecule has 6 nitrogen and oxygen atoms in total. The average molecular weight is 350 g/mol. The van der Waals surface area contributed by atoms with Crippen molar-refractivity contribution in [3.8, 4) is 11.9 Å². The molecular formula is C20H22N4O2. The molecule has 134 valence electrons. The number of nitrogens with one attached hydrogen (secondary N) is 2. The van der Waals surface area contributed by atoms with Crippen LogP contribution >= 0.6 is 0 Å². The van der Waals surface area contributed by atoms with Gasteiger partial charge in [0.25, 0.3) is 0 Å². The lowest BCUT2D eigenvalue weighted by molar-refractivity contribution is -0.0611. The molecule has 2 aromatic rings. The molecule has 0 saturated heterocycles. The minimum absolute atomic E-state index is 0.313. The van der Waals surface area contributed by atoms with E-state index in [2.05, 4.69) is 15.6 Å². The quantitative estimate of drug-likeness (QED) is 0.342. The minimum atomic E-state index is -0.820. The summed E-state index contributed by atoms with van der Waals surface area (Å²) in [6, 6.07) is 16.9. The molecule has 6 heteroatoms. The molecule has 0 fully saturated rings. The number of guanidine groups is 1. The van der Waals surface area contributed by atoms with Crippen LogP contribution in [0, 0.1) is 11.5 Å². The third-order valence-electron chi connectivity index (χ3n) is 4.38. The van der Waals surface area contributed by atoms with Gasteiger partial charge in [-0.3, -0.25) is 5.32 Å². The fraction of sp³-hybridized carbons (Fsp3) is 0.300. The fourth-order valence-corrected chi connectivity index (χ4v) is 2.98. The van der Waals surface area contributed by atoms with Crippen molar-refractivity contribution in [2.45, 2.75) is 38.1 Å². The second-order valence-electron chi connectivity index (χ2n) is 6.70. The SMILES string of the molecule is CC1(C)Oc2ccccc2C(NC(=NCc2ccccc2)NC#N)C1O. The first-order valence-corrected chi connectivity index (χ1v) is 8.47. The van der Waals surface area contributed by atoms with Gasteiger partial charge in [-0.25, -0.2) is 4.99 Å². The Morgan fingerprint density at radius 1 is 1.19 bits per heavy atom. The lowest BCUT2D eigenvalue weighted by Crippen LogP contribution is -2.54. The monoisotopic (exact) mass is 350 g/mol. The van der Waals surface area contributed by atoms with Crippen molar-refractivity contribution in [1.82, 2.24) is 10.6 Å². The highest BCUT2D eigenvalue weighted by molar-refractivity contribution is 5.82. The predicted octanol–water partition coefficient (Wildman–Crippen LogP) is 2.48. The molecule has 0 aromatic heterocycles. The minimum Gasteiger partial charge on any atom is -0.485 e. The zero-order chi connectivity index (χ0) is 18.6. The zero-order valence-electron chi connectivity index (χ0n) is 14.8. The van der Waals surface area contributed by atoms with Crippen molar-refractivity contribution >= 4 is 5.96 Å². The van der Waals surface area contributed by atoms with Crippen LogP contribution in [0.3, 0.4) is 0 Å². The number of fused-ring (bicyclic) bond motifs is 1. The van der Waals surface area contributed by atoms with Crippen molar-refractivity contribution in [2.24, 2.45) is 4.99 Å². The number of aliphatic imine (C=N–C) groups is 1. The Balaban J connectivity index is 1.87. The molecule has 3 rings (SSSR count). The van der Waals surface area contributed by atoms with Crippen molar-refractivity contribution < 1.29 is 9.84 Å². The maximum atomic E-state index is 10.8. The third kappa shape index (κ3) is 3.79. The van der Waals surface area contributed by atoms with Crippen LogP contribution in [0.5, 0.6) is 5.75 Å². The van der Waals surface area contributed by atoms with E-state index in [-0.39, 0.29) is 0 Å². The van der Waals surface area contributed by atoms with Crippen LogP contribution in [0.2, 0.25) is 0 Å². The number of hydrogen-bond donors (Lipinski definition) is 3. The number of hydrogen-bond acceptors (Lipinski definition) is 4. The second kappa shape index (κ2) is 7.46. The van der Waals surface area contributed by atoms with Crippen LogP contribution in [0.25, 0.3) is 0 Å². The van der Waals surface area contributed by atoms with E-state index in [1.54, 1.807) is 0 Å². The van der Waals surface area contributed by atoms with Crippen LogP contribution < -0.4 is 15.4 Å². The number of ether oxygens (including phenoxy) is 1. The van der Waals surface area contributed by atoms with Crippen LogP contribution in [0.1, 0.15) is 31.0 Å². The maximum Gasteiger partial charge on any atom is 0.205 e. The summed E-state index contributed by atoms with van der Waals surface area (Å²) in [5.74, 6) is 1.02. The highest BCUT2D eigenvalue weighted by Gasteiger charge is 2.43. The predicted molar refractivity (Wildman–Crippen MR) is 99.4 cm³/mol. The molecular weight excluding hydrogens is 328 g/mol. The van der Waals surface area contributed by atoms with Crippen molar-refractivity contribution in [1.29, 1.82) is 5.26 Å². The van der Waals surface area contributed by atoms with Gasteiger partial charge in [0.2, 0.25) is 5.96 Å². The Kier molecular flexibility index (Phi) is 5.10. The Morgan fingerprint density at radius 3 is 2.62 bits per heavy atom. The van der Waals surface area contributed by atoms with Crippen LogP contribution in [0.15, 0.2) is 59.6 Å². The standard InChI is InChI=1S/C20H22N4O2/c1-20(2)18(25)17(15-10-6-7-11-16(15)26-20)24-19(23-13-21)22-12-14-8-4-3-5-9-14/h3-11,17-18,25H,12H2,1-2H3,(H2,22,23,24). The molecule has 1 aliphatic heterocycles. The molecule has 2 unspecified atom stereocenters. The molecule has 0 amide bonds. The van der Waals surface area contributed by atoms with Gasteiger partial charge < -0.3 is 15.2 Å². The lowest BCUT2D eigenvalue weighted by Gasteiger charge is -2.42. The Labute approximate surface area is 153 Å². The average Bonchev–Trinajstić information content (AvgIpc) is 2.64. The van der Waals surface area contributed by atoms with E-state index in [9.17, 15) is 5.11 Å². The summed E-state index contributed by atoms with van der Waals surface area (Å²) in [5, 5.41) is 25.6. The van der Waals surface area contributed by atoms with Gasteiger partial charge >= 0.3 is 0 Å². The number of aliphatic hydroxyl groups is 1. The molecule has 0 spiro atoms. The number of para-hydroxylation sites is 1. The van der Waals surface area contributed by atoms with Gasteiger partial charge in [-0.2, -0.15) is 5.26 Å². The van der Waals surface area contributed by atoms with Crippen LogP contribution in [-0.2, 0) is 6.54 Å². The normalized spacial score (nSPS) is 21.1. The van der Waals surface area contributed by atoms with Gasteiger partial charge in [0.1, 0.15) is 17.5 Å². The molecule has 0 saturated carbocycles. The van der Waals surface area contributed by atoms with Gasteiger partial charge in [0, 0.05) is 5.56 Å². The van der Waals surface area contributed by atoms with Crippen molar-refractivity contribution in [2.75, 3.05) is 0 Å². The lowest BCUT2D eigenvalue weighted by atomic mass is 9.86. The topological polar surface area (TPSA) is 89.7 Å². The largest absolute Gasteiger partial charge is 0.485 e. The zero-order valence-corrected chi connectivity index (χ0v) is 14.8. The van der Waals surface area contributed by atoms with Crippen molar-refractivity contribution in [3.63, 3.8) is 0 Å². The first kappa shape index (κ1) is 17.8. The van der Waals surface area contributed by atoms with E-state index < -0.39 is 17.7 Å². The third-order valence-corrected chi connectivity index (χ3v) is 4.38. The van der Waals surface area contributed by atoms with Gasteiger partial charge in [0.15, 0.2) is 6.19 Å². The number of benzene rings is 2. The summed E-state index contributed by atoms with van der Waals surface area (Å²) in [6.07, 6.45) is 1.08. The number of aliphatic hydroxyl groups excluding tert-OH is 1. The van der Waals surface area contributed by atoms with Gasteiger partial charge in [0.05, 0.1) is 12.6 Å². The Hall–Kier alpha value is -3.04. The number of nitriles is 1. The van der Waals surface area contributed by atoms with E-state index in [4.69, 9.17) is 10.00 Å². The van der Waals surface area contributed by atoms with Crippen LogP contribution in [0.4, 0.5) is 0 Å². The smallest absolute Gasteiger partial charge is 0.205 e. The maximum absolute atomic E-state index is 10.8. The Bertz CT molecular complexity index is 827. The van der Waals surface area contributed by atoms with Gasteiger partial charge in [-0.1, -0.05) is 48.5 Å². The fourth-order valence-electron chi connectivity index (χ4n) is 2.98. The van der Waals surface area contributed by atoms with E-state index in [1.165, 1.54) is 0 Å². The second-order valence-corrected chi connectivity index (χ2v) is 6.70. The molecule has 1 heterocycles. The highest BCUT2D eigenvalue weighted by Crippen LogP contribution is 2.39. The van der Waals surface area contributed by atoms with E-state index in [0.717, 1.165) is 11.1 Å². The van der Waals surface area contributed by atoms with E-state index in [1.807, 2.05) is 74.6 Å². The van der Waals surface area contributed by atoms with Gasteiger partial charge in [-0.05, 0) is 25.5 Å². The summed E-state index contributed by atoms with van der Waals surface area (Å²) in [5.41, 5.74) is 1.08. The summed E-state index contributed by atoms with van der Waals surface area (Å²) in [6.45, 7) is 4.09. The molecule has 2 atom stereocenters. The van der Waals surface area contributed by atoms with E-state index >= 15 is 0 Å². The molecule has 26 heavy (non-hydrogen) atoms. The molecule has 3 N–H and O–H groups in total. The highest BCUT2D eigenvalue weighted by atomic mass is 16.5. The first-order valence-electron chi connectivity index (χ1n) is 8.47. The summed E-state index contributed by atoms with van der Waals surface area (Å²) < 4.78 is 5.92. The van der Waals surface area contributed by atoms with Crippen molar-refractivity contribution in [3.05, 3.63) is 65.7 Å². The molecule has 1 aliphatic rings. The summed E-state index contributed by atoms with van der Waals surface area (Å²) in [7, 11) is 0.